The summed E-state index contributed by atoms with van der Waals surface area (Å²) in [4.78, 5) is 10.3. The second-order valence-electron chi connectivity index (χ2n) is 5.48. The van der Waals surface area contributed by atoms with Crippen molar-refractivity contribution in [1.29, 1.82) is 0 Å². The first kappa shape index (κ1) is 13.0. The van der Waals surface area contributed by atoms with E-state index in [9.17, 15) is 15.2 Å². The summed E-state index contributed by atoms with van der Waals surface area (Å²) in [6.45, 7) is 6.00. The zero-order valence-corrected chi connectivity index (χ0v) is 10.7. The van der Waals surface area contributed by atoms with E-state index in [0.29, 0.717) is 12.1 Å². The number of hydrogen-bond acceptors (Lipinski definition) is 5. The Balaban J connectivity index is 2.41. The van der Waals surface area contributed by atoms with E-state index >= 15 is 0 Å². The molecule has 0 aliphatic carbocycles. The molecule has 7 heteroatoms. The summed E-state index contributed by atoms with van der Waals surface area (Å²) in [5.74, 6) is -0.190. The molecule has 1 fully saturated rings. The van der Waals surface area contributed by atoms with Gasteiger partial charge in [-0.25, -0.2) is 0 Å². The van der Waals surface area contributed by atoms with Gasteiger partial charge in [-0.05, 0) is 25.7 Å². The van der Waals surface area contributed by atoms with Crippen LogP contribution in [0.5, 0.6) is 0 Å². The molecule has 100 valence electrons. The van der Waals surface area contributed by atoms with Crippen LogP contribution in [0, 0.1) is 10.1 Å². The zero-order valence-electron chi connectivity index (χ0n) is 10.7. The van der Waals surface area contributed by atoms with Gasteiger partial charge in [0.1, 0.15) is 6.10 Å². The largest absolute Gasteiger partial charge is 0.391 e. The van der Waals surface area contributed by atoms with Gasteiger partial charge in [0.25, 0.3) is 0 Å². The Bertz CT molecular complexity index is 463. The van der Waals surface area contributed by atoms with Crippen molar-refractivity contribution in [2.24, 2.45) is 0 Å². The molecule has 18 heavy (non-hydrogen) atoms. The summed E-state index contributed by atoms with van der Waals surface area (Å²) in [6.07, 6.45) is -0.406. The van der Waals surface area contributed by atoms with Crippen molar-refractivity contribution in [2.45, 2.75) is 44.9 Å². The maximum atomic E-state index is 10.8. The Morgan fingerprint density at radius 1 is 1.61 bits per heavy atom. The molecule has 0 unspecified atom stereocenters. The lowest BCUT2D eigenvalue weighted by Crippen LogP contribution is -2.26. The van der Waals surface area contributed by atoms with Crippen LogP contribution in [0.25, 0.3) is 0 Å². The third-order valence-electron chi connectivity index (χ3n) is 2.85. The predicted molar refractivity (Wildman–Crippen MR) is 63.2 cm³/mol. The summed E-state index contributed by atoms with van der Waals surface area (Å²) in [5, 5.41) is 24.3. The van der Waals surface area contributed by atoms with Gasteiger partial charge in [-0.15, -0.1) is 0 Å². The predicted octanol–water partition coefficient (Wildman–Crippen LogP) is 1.37. The van der Waals surface area contributed by atoms with E-state index in [1.165, 1.54) is 6.07 Å². The van der Waals surface area contributed by atoms with E-state index in [0.717, 1.165) is 0 Å². The molecule has 7 nitrogen and oxygen atoms in total. The van der Waals surface area contributed by atoms with Gasteiger partial charge in [0.05, 0.1) is 35.1 Å². The van der Waals surface area contributed by atoms with Crippen molar-refractivity contribution >= 4 is 5.82 Å². The Labute approximate surface area is 105 Å². The number of ether oxygens (including phenoxy) is 1. The van der Waals surface area contributed by atoms with Crippen LogP contribution >= 0.6 is 0 Å². The minimum absolute atomic E-state index is 0.190. The van der Waals surface area contributed by atoms with E-state index < -0.39 is 11.0 Å². The summed E-state index contributed by atoms with van der Waals surface area (Å²) < 4.78 is 7.05. The fraction of sp³-hybridized carbons (Fsp3) is 0.727. The maximum Gasteiger partial charge on any atom is 0.390 e. The molecule has 1 aromatic rings. The number of hydrogen-bond donors (Lipinski definition) is 1. The number of rotatable bonds is 2. The molecule has 2 heterocycles. The molecule has 0 aromatic carbocycles. The van der Waals surface area contributed by atoms with Gasteiger partial charge in [0.2, 0.25) is 0 Å². The lowest BCUT2D eigenvalue weighted by atomic mass is 10.1. The highest BCUT2D eigenvalue weighted by Crippen LogP contribution is 2.33. The molecule has 1 aromatic heterocycles. The topological polar surface area (TPSA) is 90.4 Å². The molecule has 0 saturated carbocycles. The number of aliphatic hydroxyl groups is 1. The van der Waals surface area contributed by atoms with Gasteiger partial charge in [0.15, 0.2) is 0 Å². The van der Waals surface area contributed by atoms with E-state index in [-0.39, 0.29) is 24.1 Å². The van der Waals surface area contributed by atoms with Crippen LogP contribution in [0.1, 0.15) is 39.0 Å². The van der Waals surface area contributed by atoms with Crippen LogP contribution in [-0.2, 0) is 10.3 Å². The minimum Gasteiger partial charge on any atom is -0.391 e. The second-order valence-corrected chi connectivity index (χ2v) is 5.48. The Hall–Kier alpha value is -1.47. The van der Waals surface area contributed by atoms with Crippen molar-refractivity contribution in [3.63, 3.8) is 0 Å². The van der Waals surface area contributed by atoms with Crippen LogP contribution in [0.4, 0.5) is 5.82 Å². The first-order valence-corrected chi connectivity index (χ1v) is 5.83. The highest BCUT2D eigenvalue weighted by Gasteiger charge is 2.35. The molecular weight excluding hydrogens is 238 g/mol. The zero-order chi connectivity index (χ0) is 13.5. The molecule has 2 atom stereocenters. The fourth-order valence-electron chi connectivity index (χ4n) is 2.05. The number of nitro groups is 1. The highest BCUT2D eigenvalue weighted by atomic mass is 16.6. The lowest BCUT2D eigenvalue weighted by Gasteiger charge is -2.20. The molecule has 2 rings (SSSR count). The quantitative estimate of drug-likeness (QED) is 0.636. The standard InChI is InChI=1S/C11H17N3O4/c1-11(2,3)13-8(5-10(12-13)14(16)17)9-4-7(15)6-18-9/h5,7,9,15H,4,6H2,1-3H3/t7-,9-/m0/s1. The summed E-state index contributed by atoms with van der Waals surface area (Å²) in [7, 11) is 0. The van der Waals surface area contributed by atoms with E-state index in [2.05, 4.69) is 5.10 Å². The molecule has 1 aliphatic heterocycles. The summed E-state index contributed by atoms with van der Waals surface area (Å²) >= 11 is 0. The molecule has 1 saturated heterocycles. The smallest absolute Gasteiger partial charge is 0.390 e. The van der Waals surface area contributed by atoms with Gasteiger partial charge in [-0.2, -0.15) is 4.68 Å². The SMILES string of the molecule is CC(C)(C)n1nc([N+](=O)[O-])cc1[C@@H]1C[C@H](O)CO1. The minimum atomic E-state index is -0.517. The third kappa shape index (κ3) is 2.37. The average Bonchev–Trinajstić information content (AvgIpc) is 2.81. The molecule has 0 amide bonds. The molecule has 0 spiro atoms. The lowest BCUT2D eigenvalue weighted by molar-refractivity contribution is -0.389. The Morgan fingerprint density at radius 3 is 2.72 bits per heavy atom. The Kier molecular flexibility index (Phi) is 3.12. The van der Waals surface area contributed by atoms with E-state index in [1.54, 1.807) is 4.68 Å². The van der Waals surface area contributed by atoms with Crippen molar-refractivity contribution in [3.8, 4) is 0 Å². The van der Waals surface area contributed by atoms with Crippen LogP contribution in [0.3, 0.4) is 0 Å². The van der Waals surface area contributed by atoms with Crippen molar-refractivity contribution in [2.75, 3.05) is 6.61 Å². The van der Waals surface area contributed by atoms with Crippen LogP contribution < -0.4 is 0 Å². The number of aliphatic hydroxyl groups excluding tert-OH is 1. The fourth-order valence-corrected chi connectivity index (χ4v) is 2.05. The highest BCUT2D eigenvalue weighted by molar-refractivity contribution is 5.25. The van der Waals surface area contributed by atoms with Crippen molar-refractivity contribution in [1.82, 2.24) is 9.78 Å². The molecule has 0 radical (unpaired) electrons. The first-order valence-electron chi connectivity index (χ1n) is 5.83. The average molecular weight is 255 g/mol. The summed E-state index contributed by atoms with van der Waals surface area (Å²) in [6, 6.07) is 1.42. The monoisotopic (exact) mass is 255 g/mol. The van der Waals surface area contributed by atoms with Crippen molar-refractivity contribution < 1.29 is 14.8 Å². The van der Waals surface area contributed by atoms with Gasteiger partial charge >= 0.3 is 5.82 Å². The normalized spacial score (nSPS) is 24.4. The molecule has 0 bridgehead atoms. The molecule has 1 N–H and O–H groups in total. The molecule has 1 aliphatic rings. The van der Waals surface area contributed by atoms with Crippen LogP contribution in [0.15, 0.2) is 6.07 Å². The molecular formula is C11H17N3O4. The third-order valence-corrected chi connectivity index (χ3v) is 2.85. The number of aromatic nitrogens is 2. The van der Waals surface area contributed by atoms with Crippen molar-refractivity contribution in [3.05, 3.63) is 21.9 Å². The first-order chi connectivity index (χ1) is 8.29. The second kappa shape index (κ2) is 4.33. The van der Waals surface area contributed by atoms with Crippen LogP contribution in [0.2, 0.25) is 0 Å². The van der Waals surface area contributed by atoms with Gasteiger partial charge < -0.3 is 20.0 Å². The van der Waals surface area contributed by atoms with Crippen LogP contribution in [-0.4, -0.2) is 32.5 Å². The number of nitrogens with zero attached hydrogens (tertiary/aromatic N) is 3. The van der Waals surface area contributed by atoms with Gasteiger partial charge in [-0.1, -0.05) is 0 Å². The van der Waals surface area contributed by atoms with E-state index in [4.69, 9.17) is 4.74 Å². The van der Waals surface area contributed by atoms with Gasteiger partial charge in [-0.3, -0.25) is 0 Å². The van der Waals surface area contributed by atoms with Gasteiger partial charge in [0, 0.05) is 6.42 Å². The maximum absolute atomic E-state index is 10.8. The van der Waals surface area contributed by atoms with E-state index in [1.807, 2.05) is 20.8 Å². The Morgan fingerprint density at radius 2 is 2.28 bits per heavy atom. The summed E-state index contributed by atoms with van der Waals surface area (Å²) in [5.41, 5.74) is 0.270.